The molecule has 17 heteroatoms. The summed E-state index contributed by atoms with van der Waals surface area (Å²) in [4.78, 5) is 12.9. The summed E-state index contributed by atoms with van der Waals surface area (Å²) in [5, 5.41) is 111. The maximum atomic E-state index is 12.9. The molecule has 1 aromatic heterocycles. The highest BCUT2D eigenvalue weighted by Crippen LogP contribution is 2.43. The van der Waals surface area contributed by atoms with Gasteiger partial charge in [0.2, 0.25) is 12.0 Å². The highest BCUT2D eigenvalue weighted by atomic mass is 16.8. The summed E-state index contributed by atoms with van der Waals surface area (Å²) >= 11 is 0. The Labute approximate surface area is 246 Å². The number of hydrogen-bond donors (Lipinski definition) is 11. The van der Waals surface area contributed by atoms with Crippen LogP contribution in [-0.4, -0.2) is 131 Å². The molecule has 2 fully saturated rings. The van der Waals surface area contributed by atoms with Gasteiger partial charge >= 0.3 is 0 Å². The van der Waals surface area contributed by atoms with Gasteiger partial charge in [0, 0.05) is 17.7 Å². The average Bonchev–Trinajstić information content (AvgIpc) is 3.00. The van der Waals surface area contributed by atoms with E-state index in [1.165, 1.54) is 6.07 Å². The second-order valence-corrected chi connectivity index (χ2v) is 10.2. The van der Waals surface area contributed by atoms with E-state index in [-0.39, 0.29) is 16.9 Å². The van der Waals surface area contributed by atoms with Crippen molar-refractivity contribution in [1.82, 2.24) is 0 Å². The van der Waals surface area contributed by atoms with E-state index in [0.717, 1.165) is 24.3 Å². The quantitative estimate of drug-likeness (QED) is 0.119. The molecule has 0 bridgehead atoms. The molecule has 0 radical (unpaired) electrons. The standard InChI is InChI=1S/C27H30O17/c28-6-15-19(34)22(37)24(39)26(42-15)44-25-23(38)20(35)16(7-29)43-27(25)41-14-5-13-17(21(36)18(14)33)11(32)4-12(40-13)8-1-2-9(30)10(31)3-8/h1-5,15-16,19-20,22-31,33-39H,6-7H2/t15?,16?,19-,20-,22+,23+,24?,25?,26+,27-/m1/s1. The predicted octanol–water partition coefficient (Wildman–Crippen LogP) is -2.71. The van der Waals surface area contributed by atoms with Gasteiger partial charge in [-0.2, -0.15) is 0 Å². The molecule has 11 N–H and O–H groups in total. The van der Waals surface area contributed by atoms with Crippen molar-refractivity contribution in [1.29, 1.82) is 0 Å². The molecule has 0 aliphatic carbocycles. The molecule has 2 saturated heterocycles. The largest absolute Gasteiger partial charge is 0.504 e. The van der Waals surface area contributed by atoms with E-state index in [2.05, 4.69) is 0 Å². The lowest BCUT2D eigenvalue weighted by Gasteiger charge is -2.45. The minimum absolute atomic E-state index is 0.120. The zero-order chi connectivity index (χ0) is 32.0. The normalized spacial score (nSPS) is 32.5. The number of aromatic hydroxyl groups is 4. The molecule has 0 saturated carbocycles. The van der Waals surface area contributed by atoms with E-state index in [1.807, 2.05) is 0 Å². The highest BCUT2D eigenvalue weighted by molar-refractivity contribution is 5.89. The molecule has 2 aliphatic heterocycles. The van der Waals surface area contributed by atoms with Gasteiger partial charge in [-0.3, -0.25) is 4.79 Å². The topological polar surface area (TPSA) is 290 Å². The third-order valence-corrected chi connectivity index (χ3v) is 7.40. The zero-order valence-corrected chi connectivity index (χ0v) is 22.4. The SMILES string of the molecule is O=c1cc(-c2ccc(O)c(O)c2)oc2cc(O[C@@H]3OC(CO)[C@@H](O)[C@H](O)C3O[C@@H]3OC(CO)[C@@H](O)[C@H](O)C3O)c(O)c(O)c12. The van der Waals surface area contributed by atoms with Gasteiger partial charge in [-0.05, 0) is 18.2 Å². The number of ether oxygens (including phenoxy) is 4. The molecule has 10 atom stereocenters. The Morgan fingerprint density at radius 2 is 1.34 bits per heavy atom. The minimum Gasteiger partial charge on any atom is -0.504 e. The fourth-order valence-corrected chi connectivity index (χ4v) is 4.93. The van der Waals surface area contributed by atoms with Gasteiger partial charge in [0.1, 0.15) is 59.5 Å². The van der Waals surface area contributed by atoms with Crippen LogP contribution in [0.5, 0.6) is 28.7 Å². The summed E-state index contributed by atoms with van der Waals surface area (Å²) in [7, 11) is 0. The van der Waals surface area contributed by atoms with E-state index in [9.17, 15) is 61.0 Å². The van der Waals surface area contributed by atoms with Crippen LogP contribution in [0.3, 0.4) is 0 Å². The fourth-order valence-electron chi connectivity index (χ4n) is 4.93. The van der Waals surface area contributed by atoms with E-state index in [4.69, 9.17) is 23.4 Å². The van der Waals surface area contributed by atoms with Gasteiger partial charge in [-0.15, -0.1) is 0 Å². The van der Waals surface area contributed by atoms with Gasteiger partial charge in [0.05, 0.1) is 13.2 Å². The van der Waals surface area contributed by atoms with Crippen molar-refractivity contribution in [2.75, 3.05) is 13.2 Å². The Balaban J connectivity index is 1.52. The van der Waals surface area contributed by atoms with Crippen LogP contribution in [0.15, 0.2) is 39.5 Å². The number of benzene rings is 2. The molecule has 17 nitrogen and oxygen atoms in total. The van der Waals surface area contributed by atoms with Crippen LogP contribution < -0.4 is 10.2 Å². The second-order valence-electron chi connectivity index (χ2n) is 10.2. The van der Waals surface area contributed by atoms with Gasteiger partial charge in [-0.1, -0.05) is 0 Å². The van der Waals surface area contributed by atoms with E-state index in [0.29, 0.717) is 0 Å². The molecule has 2 aromatic carbocycles. The number of aliphatic hydroxyl groups excluding tert-OH is 7. The van der Waals surface area contributed by atoms with Crippen molar-refractivity contribution >= 4 is 11.0 Å². The van der Waals surface area contributed by atoms with Crippen molar-refractivity contribution < 1.29 is 79.5 Å². The Kier molecular flexibility index (Phi) is 8.87. The van der Waals surface area contributed by atoms with Crippen molar-refractivity contribution in [3.8, 4) is 40.1 Å². The average molecular weight is 627 g/mol. The monoisotopic (exact) mass is 626 g/mol. The van der Waals surface area contributed by atoms with Crippen LogP contribution >= 0.6 is 0 Å². The van der Waals surface area contributed by atoms with E-state index in [1.54, 1.807) is 0 Å². The van der Waals surface area contributed by atoms with Gasteiger partial charge in [0.15, 0.2) is 40.8 Å². The van der Waals surface area contributed by atoms with Crippen molar-refractivity contribution in [3.05, 3.63) is 40.6 Å². The molecular formula is C27H30O17. The minimum atomic E-state index is -1.93. The number of fused-ring (bicyclic) bond motifs is 1. The van der Waals surface area contributed by atoms with Gasteiger partial charge < -0.3 is 79.5 Å². The molecular weight excluding hydrogens is 596 g/mol. The molecule has 2 aliphatic rings. The third kappa shape index (κ3) is 5.61. The Morgan fingerprint density at radius 1 is 0.705 bits per heavy atom. The van der Waals surface area contributed by atoms with Gasteiger partial charge in [0.25, 0.3) is 0 Å². The van der Waals surface area contributed by atoms with E-state index < -0.39 is 114 Å². The molecule has 44 heavy (non-hydrogen) atoms. The smallest absolute Gasteiger partial charge is 0.229 e. The van der Waals surface area contributed by atoms with Gasteiger partial charge in [-0.25, -0.2) is 0 Å². The zero-order valence-electron chi connectivity index (χ0n) is 22.4. The van der Waals surface area contributed by atoms with Crippen LogP contribution in [0, 0.1) is 0 Å². The van der Waals surface area contributed by atoms with Crippen LogP contribution in [-0.2, 0) is 14.2 Å². The molecule has 5 rings (SSSR count). The lowest BCUT2D eigenvalue weighted by atomic mass is 9.97. The molecule has 3 heterocycles. The van der Waals surface area contributed by atoms with Crippen molar-refractivity contribution in [2.24, 2.45) is 0 Å². The summed E-state index contributed by atoms with van der Waals surface area (Å²) in [6.45, 7) is -1.64. The number of aliphatic hydroxyl groups is 7. The Morgan fingerprint density at radius 3 is 1.98 bits per heavy atom. The highest BCUT2D eigenvalue weighted by Gasteiger charge is 2.51. The molecule has 240 valence electrons. The number of rotatable bonds is 7. The summed E-state index contributed by atoms with van der Waals surface area (Å²) in [5.74, 6) is -3.65. The van der Waals surface area contributed by atoms with Crippen molar-refractivity contribution in [2.45, 2.75) is 61.4 Å². The maximum absolute atomic E-state index is 12.9. The first-order chi connectivity index (χ1) is 20.9. The van der Waals surface area contributed by atoms with E-state index >= 15 is 0 Å². The van der Waals surface area contributed by atoms with Crippen molar-refractivity contribution in [3.63, 3.8) is 0 Å². The lowest BCUT2D eigenvalue weighted by Crippen LogP contribution is -2.65. The number of phenols is 4. The third-order valence-electron chi connectivity index (χ3n) is 7.40. The molecule has 0 amide bonds. The van der Waals surface area contributed by atoms with Crippen LogP contribution in [0.1, 0.15) is 0 Å². The lowest BCUT2D eigenvalue weighted by molar-refractivity contribution is -0.358. The second kappa shape index (κ2) is 12.3. The maximum Gasteiger partial charge on any atom is 0.229 e. The summed E-state index contributed by atoms with van der Waals surface area (Å²) in [6.07, 6.45) is -17.6. The molecule has 0 spiro atoms. The summed E-state index contributed by atoms with van der Waals surface area (Å²) in [5.41, 5.74) is -1.00. The summed E-state index contributed by atoms with van der Waals surface area (Å²) < 4.78 is 27.8. The molecule has 3 aromatic rings. The fraction of sp³-hybridized carbons (Fsp3) is 0.444. The first-order valence-corrected chi connectivity index (χ1v) is 13.2. The Bertz CT molecular complexity index is 1560. The number of phenolic OH excluding ortho intramolecular Hbond substituents is 4. The molecule has 4 unspecified atom stereocenters. The number of hydrogen-bond acceptors (Lipinski definition) is 17. The summed E-state index contributed by atoms with van der Waals surface area (Å²) in [6, 6.07) is 5.51. The van der Waals surface area contributed by atoms with Crippen LogP contribution in [0.25, 0.3) is 22.3 Å². The van der Waals surface area contributed by atoms with Crippen LogP contribution in [0.2, 0.25) is 0 Å². The Hall–Kier alpha value is -3.75. The predicted molar refractivity (Wildman–Crippen MR) is 142 cm³/mol. The first kappa shape index (κ1) is 31.7. The first-order valence-electron chi connectivity index (χ1n) is 13.2. The van der Waals surface area contributed by atoms with Crippen LogP contribution in [0.4, 0.5) is 0 Å².